The maximum atomic E-state index is 12.9. The van der Waals surface area contributed by atoms with Gasteiger partial charge in [-0.25, -0.2) is 18.2 Å². The van der Waals surface area contributed by atoms with Gasteiger partial charge in [-0.1, -0.05) is 30.3 Å². The van der Waals surface area contributed by atoms with Crippen LogP contribution in [-0.2, 0) is 33.0 Å². The summed E-state index contributed by atoms with van der Waals surface area (Å²) in [4.78, 5) is 12.9. The van der Waals surface area contributed by atoms with E-state index in [2.05, 4.69) is 4.98 Å². The maximum absolute atomic E-state index is 12.9. The number of ether oxygens (including phenoxy) is 1. The molecule has 0 saturated carbocycles. The van der Waals surface area contributed by atoms with Gasteiger partial charge in [0.2, 0.25) is 0 Å². The number of hydrogen-bond donors (Lipinski definition) is 1. The second kappa shape index (κ2) is 9.58. The molecule has 30 heavy (non-hydrogen) atoms. The summed E-state index contributed by atoms with van der Waals surface area (Å²) in [6, 6.07) is 9.68. The summed E-state index contributed by atoms with van der Waals surface area (Å²) in [5, 5.41) is 7.22. The summed E-state index contributed by atoms with van der Waals surface area (Å²) in [7, 11) is -0.211. The topological polar surface area (TPSA) is 102 Å². The van der Waals surface area contributed by atoms with Crippen molar-refractivity contribution in [1.29, 1.82) is 0 Å². The van der Waals surface area contributed by atoms with Crippen LogP contribution < -0.4 is 0 Å². The van der Waals surface area contributed by atoms with Crippen LogP contribution in [0.15, 0.2) is 47.9 Å². The van der Waals surface area contributed by atoms with Crippen LogP contribution in [0.3, 0.4) is 0 Å². The first-order chi connectivity index (χ1) is 14.0. The monoisotopic (exact) mass is 449 g/mol. The lowest BCUT2D eigenvalue weighted by atomic mass is 10.0. The zero-order valence-corrected chi connectivity index (χ0v) is 17.1. The highest BCUT2D eigenvalue weighted by atomic mass is 32.2. The molecule has 1 aliphatic rings. The molecule has 0 aliphatic carbocycles. The van der Waals surface area contributed by atoms with Crippen LogP contribution >= 0.6 is 0 Å². The van der Waals surface area contributed by atoms with Crippen LogP contribution in [0.2, 0.25) is 0 Å². The molecule has 0 bridgehead atoms. The van der Waals surface area contributed by atoms with Crippen molar-refractivity contribution < 1.29 is 36.2 Å². The van der Waals surface area contributed by atoms with E-state index in [0.717, 1.165) is 5.56 Å². The minimum Gasteiger partial charge on any atom is -0.475 e. The third kappa shape index (κ3) is 5.80. The number of alkyl halides is 3. The zero-order chi connectivity index (χ0) is 22.5. The van der Waals surface area contributed by atoms with E-state index < -0.39 is 22.2 Å². The van der Waals surface area contributed by atoms with Crippen molar-refractivity contribution in [1.82, 2.24) is 13.9 Å². The van der Waals surface area contributed by atoms with E-state index in [1.807, 2.05) is 30.3 Å². The maximum Gasteiger partial charge on any atom is 0.490 e. The fourth-order valence-electron chi connectivity index (χ4n) is 3.10. The van der Waals surface area contributed by atoms with Gasteiger partial charge in [0, 0.05) is 26.9 Å². The second-order valence-corrected chi connectivity index (χ2v) is 8.45. The van der Waals surface area contributed by atoms with Crippen molar-refractivity contribution in [3.05, 3.63) is 48.4 Å². The van der Waals surface area contributed by atoms with Gasteiger partial charge in [0.1, 0.15) is 0 Å². The van der Waals surface area contributed by atoms with E-state index in [0.29, 0.717) is 19.4 Å². The summed E-state index contributed by atoms with van der Waals surface area (Å²) in [5.41, 5.74) is 1.10. The van der Waals surface area contributed by atoms with Crippen LogP contribution in [0.1, 0.15) is 12.0 Å². The Morgan fingerprint density at radius 1 is 1.30 bits per heavy atom. The van der Waals surface area contributed by atoms with Crippen molar-refractivity contribution in [3.8, 4) is 0 Å². The highest BCUT2D eigenvalue weighted by molar-refractivity contribution is 7.89. The van der Waals surface area contributed by atoms with Crippen molar-refractivity contribution in [3.63, 3.8) is 0 Å². The lowest BCUT2D eigenvalue weighted by molar-refractivity contribution is -0.192. The van der Waals surface area contributed by atoms with Crippen molar-refractivity contribution in [2.75, 3.05) is 13.7 Å². The van der Waals surface area contributed by atoms with Crippen molar-refractivity contribution in [2.24, 2.45) is 7.05 Å². The molecule has 2 heterocycles. The zero-order valence-electron chi connectivity index (χ0n) is 16.3. The van der Waals surface area contributed by atoms with E-state index in [-0.39, 0.29) is 17.2 Å². The summed E-state index contributed by atoms with van der Waals surface area (Å²) in [6.45, 7) is 0.453. The highest BCUT2D eigenvalue weighted by Crippen LogP contribution is 2.29. The fourth-order valence-corrected chi connectivity index (χ4v) is 4.74. The van der Waals surface area contributed by atoms with Crippen LogP contribution in [0, 0.1) is 0 Å². The number of halogens is 3. The Hall–Kier alpha value is -2.44. The number of methoxy groups -OCH3 is 1. The van der Waals surface area contributed by atoms with Gasteiger partial charge in [-0.3, -0.25) is 0 Å². The molecule has 3 rings (SSSR count). The average molecular weight is 449 g/mol. The van der Waals surface area contributed by atoms with E-state index >= 15 is 0 Å². The molecule has 2 atom stereocenters. The third-order valence-electron chi connectivity index (χ3n) is 4.52. The highest BCUT2D eigenvalue weighted by Gasteiger charge is 2.42. The number of aromatic nitrogens is 2. The van der Waals surface area contributed by atoms with Crippen LogP contribution in [0.4, 0.5) is 13.2 Å². The molecule has 1 aliphatic heterocycles. The van der Waals surface area contributed by atoms with E-state index in [4.69, 9.17) is 14.6 Å². The Kier molecular flexibility index (Phi) is 7.61. The van der Waals surface area contributed by atoms with Gasteiger partial charge in [0.05, 0.1) is 18.5 Å². The lowest BCUT2D eigenvalue weighted by Crippen LogP contribution is -2.41. The van der Waals surface area contributed by atoms with Crippen molar-refractivity contribution >= 4 is 16.0 Å². The molecule has 2 aromatic rings. The molecule has 1 saturated heterocycles. The predicted molar refractivity (Wildman–Crippen MR) is 100 cm³/mol. The number of benzene rings is 1. The molecule has 8 nitrogen and oxygen atoms in total. The SMILES string of the molecule is CO[C@H]1CCN(S(=O)(=O)c2cn(C)cn2)[C@H]1Cc1ccccc1.O=C(O)C(F)(F)F. The van der Waals surface area contributed by atoms with Crippen LogP contribution in [0.5, 0.6) is 0 Å². The molecular weight excluding hydrogens is 427 g/mol. The number of carboxylic acid groups (broad SMARTS) is 1. The summed E-state index contributed by atoms with van der Waals surface area (Å²) < 4.78 is 66.3. The first kappa shape index (κ1) is 23.8. The number of rotatable bonds is 5. The van der Waals surface area contributed by atoms with Gasteiger partial charge in [-0.15, -0.1) is 0 Å². The molecular formula is C18H22F3N3O5S. The van der Waals surface area contributed by atoms with Crippen molar-refractivity contribution in [2.45, 2.75) is 36.2 Å². The number of imidazole rings is 1. The minimum atomic E-state index is -5.08. The lowest BCUT2D eigenvalue weighted by Gasteiger charge is -2.26. The minimum absolute atomic E-state index is 0.0924. The first-order valence-electron chi connectivity index (χ1n) is 8.83. The molecule has 0 radical (unpaired) electrons. The Balaban J connectivity index is 0.000000396. The molecule has 1 fully saturated rings. The van der Waals surface area contributed by atoms with Gasteiger partial charge >= 0.3 is 12.1 Å². The second-order valence-electron chi connectivity index (χ2n) is 6.62. The molecule has 1 aromatic heterocycles. The van der Waals surface area contributed by atoms with E-state index in [1.165, 1.54) is 16.8 Å². The van der Waals surface area contributed by atoms with Gasteiger partial charge in [-0.05, 0) is 18.4 Å². The summed E-state index contributed by atoms with van der Waals surface area (Å²) in [6.07, 6.45) is -0.822. The molecule has 0 amide bonds. The Morgan fingerprint density at radius 2 is 1.90 bits per heavy atom. The third-order valence-corrected chi connectivity index (χ3v) is 6.33. The molecule has 166 valence electrons. The smallest absolute Gasteiger partial charge is 0.475 e. The number of carbonyl (C=O) groups is 1. The first-order valence-corrected chi connectivity index (χ1v) is 10.3. The predicted octanol–water partition coefficient (Wildman–Crippen LogP) is 2.07. The quantitative estimate of drug-likeness (QED) is 0.750. The van der Waals surface area contributed by atoms with Crippen LogP contribution in [-0.4, -0.2) is 65.3 Å². The summed E-state index contributed by atoms with van der Waals surface area (Å²) in [5.74, 6) is -2.76. The van der Waals surface area contributed by atoms with Gasteiger partial charge in [0.25, 0.3) is 10.0 Å². The number of hydrogen-bond acceptors (Lipinski definition) is 5. The molecule has 0 unspecified atom stereocenters. The number of sulfonamides is 1. The average Bonchev–Trinajstić information content (AvgIpc) is 3.29. The van der Waals surface area contributed by atoms with Gasteiger partial charge in [-0.2, -0.15) is 17.5 Å². The van der Waals surface area contributed by atoms with Crippen LogP contribution in [0.25, 0.3) is 0 Å². The largest absolute Gasteiger partial charge is 0.490 e. The number of aryl methyl sites for hydroxylation is 1. The Morgan fingerprint density at radius 3 is 2.37 bits per heavy atom. The Bertz CT molecular complexity index is 947. The van der Waals surface area contributed by atoms with Gasteiger partial charge < -0.3 is 14.4 Å². The van der Waals surface area contributed by atoms with Gasteiger partial charge in [0.15, 0.2) is 5.03 Å². The molecule has 0 spiro atoms. The normalized spacial score (nSPS) is 19.9. The number of nitrogens with zero attached hydrogens (tertiary/aromatic N) is 3. The number of aliphatic carboxylic acids is 1. The molecule has 1 N–H and O–H groups in total. The Labute approximate surface area is 171 Å². The van der Waals surface area contributed by atoms with E-state index in [9.17, 15) is 21.6 Å². The standard InChI is InChI=1S/C16H21N3O3S.C2HF3O2/c1-18-11-16(17-12-18)23(20,21)19-9-8-15(22-2)14(19)10-13-6-4-3-5-7-13;3-2(4,5)1(6)7/h3-7,11-12,14-15H,8-10H2,1-2H3;(H,6,7)/t14-,15-;/m0./s1. The number of carboxylic acids is 1. The molecule has 12 heteroatoms. The molecule has 1 aromatic carbocycles. The summed E-state index contributed by atoms with van der Waals surface area (Å²) >= 11 is 0. The van der Waals surface area contributed by atoms with E-state index in [1.54, 1.807) is 18.7 Å². The fraction of sp³-hybridized carbons (Fsp3) is 0.444.